The van der Waals surface area contributed by atoms with E-state index in [1.54, 1.807) is 18.2 Å². The highest BCUT2D eigenvalue weighted by atomic mass is 127. The summed E-state index contributed by atoms with van der Waals surface area (Å²) in [6, 6.07) is 12.2. The van der Waals surface area contributed by atoms with Crippen molar-refractivity contribution in [3.8, 4) is 11.3 Å². The molecule has 0 saturated carbocycles. The Morgan fingerprint density at radius 3 is 2.48 bits per heavy atom. The van der Waals surface area contributed by atoms with Gasteiger partial charge in [-0.15, -0.1) is 0 Å². The molecule has 1 N–H and O–H groups in total. The van der Waals surface area contributed by atoms with Gasteiger partial charge in [0.05, 0.1) is 7.11 Å². The molecule has 1 unspecified atom stereocenters. The Labute approximate surface area is 179 Å². The van der Waals surface area contributed by atoms with Gasteiger partial charge in [0.1, 0.15) is 23.4 Å². The number of methoxy groups -OCH3 is 1. The molecule has 0 aliphatic rings. The van der Waals surface area contributed by atoms with Gasteiger partial charge < -0.3 is 14.5 Å². The summed E-state index contributed by atoms with van der Waals surface area (Å²) in [4.78, 5) is 24.6. The van der Waals surface area contributed by atoms with Crippen LogP contribution in [0, 0.1) is 15.2 Å². The highest BCUT2D eigenvalue weighted by molar-refractivity contribution is 14.1. The maximum Gasteiger partial charge on any atom is 0.328 e. The molecule has 3 rings (SSSR count). The van der Waals surface area contributed by atoms with Gasteiger partial charge in [0.15, 0.2) is 5.76 Å². The van der Waals surface area contributed by atoms with Crippen molar-refractivity contribution < 1.29 is 27.5 Å². The molecule has 8 heteroatoms. The van der Waals surface area contributed by atoms with Gasteiger partial charge in [-0.25, -0.2) is 13.6 Å². The number of esters is 1. The average Bonchev–Trinajstić information content (AvgIpc) is 3.20. The van der Waals surface area contributed by atoms with E-state index in [9.17, 15) is 18.4 Å². The smallest absolute Gasteiger partial charge is 0.328 e. The van der Waals surface area contributed by atoms with Gasteiger partial charge in [0.25, 0.3) is 5.91 Å². The number of hydrogen-bond acceptors (Lipinski definition) is 4. The molecule has 0 fully saturated rings. The maximum absolute atomic E-state index is 13.8. The molecule has 0 radical (unpaired) electrons. The molecule has 1 atom stereocenters. The van der Waals surface area contributed by atoms with Crippen molar-refractivity contribution in [2.24, 2.45) is 0 Å². The monoisotopic (exact) mass is 511 g/mol. The van der Waals surface area contributed by atoms with Crippen molar-refractivity contribution in [1.82, 2.24) is 5.32 Å². The van der Waals surface area contributed by atoms with Crippen LogP contribution in [0.5, 0.6) is 0 Å². The Morgan fingerprint density at radius 1 is 1.10 bits per heavy atom. The molecule has 150 valence electrons. The van der Waals surface area contributed by atoms with Crippen molar-refractivity contribution in [3.63, 3.8) is 0 Å². The molecule has 1 aromatic heterocycles. The molecule has 0 aliphatic carbocycles. The van der Waals surface area contributed by atoms with Crippen LogP contribution in [0.2, 0.25) is 0 Å². The first-order chi connectivity index (χ1) is 13.9. The van der Waals surface area contributed by atoms with E-state index in [-0.39, 0.29) is 18.0 Å². The molecule has 0 aliphatic heterocycles. The van der Waals surface area contributed by atoms with Gasteiger partial charge in [0, 0.05) is 15.6 Å². The molecule has 5 nitrogen and oxygen atoms in total. The van der Waals surface area contributed by atoms with Crippen LogP contribution in [0.1, 0.15) is 16.1 Å². The summed E-state index contributed by atoms with van der Waals surface area (Å²) >= 11 is 1.86. The highest BCUT2D eigenvalue weighted by Crippen LogP contribution is 2.22. The molecule has 0 spiro atoms. The van der Waals surface area contributed by atoms with E-state index in [1.165, 1.54) is 43.5 Å². The van der Waals surface area contributed by atoms with E-state index >= 15 is 0 Å². The van der Waals surface area contributed by atoms with Gasteiger partial charge >= 0.3 is 5.97 Å². The predicted octanol–water partition coefficient (Wildman–Crippen LogP) is 4.34. The van der Waals surface area contributed by atoms with Crippen molar-refractivity contribution in [2.75, 3.05) is 7.11 Å². The third-order valence-corrected chi connectivity index (χ3v) is 5.05. The number of carbonyl (C=O) groups is 2. The molecule has 2 aromatic carbocycles. The molecule has 3 aromatic rings. The lowest BCUT2D eigenvalue weighted by Gasteiger charge is -2.16. The molecule has 1 amide bonds. The van der Waals surface area contributed by atoms with E-state index in [0.717, 1.165) is 0 Å². The van der Waals surface area contributed by atoms with Crippen LogP contribution in [0.4, 0.5) is 8.78 Å². The lowest BCUT2D eigenvalue weighted by atomic mass is 10.1. The fourth-order valence-electron chi connectivity index (χ4n) is 2.70. The van der Waals surface area contributed by atoms with Crippen LogP contribution in [0.15, 0.2) is 59.0 Å². The Bertz CT molecular complexity index is 1030. The van der Waals surface area contributed by atoms with Crippen molar-refractivity contribution in [2.45, 2.75) is 12.5 Å². The summed E-state index contributed by atoms with van der Waals surface area (Å²) in [7, 11) is 1.20. The first-order valence-electron chi connectivity index (χ1n) is 8.56. The fraction of sp³-hybridized carbons (Fsp3) is 0.143. The van der Waals surface area contributed by atoms with E-state index in [4.69, 9.17) is 9.15 Å². The lowest BCUT2D eigenvalue weighted by molar-refractivity contribution is -0.142. The second-order valence-electron chi connectivity index (χ2n) is 6.17. The van der Waals surface area contributed by atoms with Gasteiger partial charge in [-0.1, -0.05) is 6.07 Å². The van der Waals surface area contributed by atoms with Crippen LogP contribution in [0.25, 0.3) is 11.3 Å². The Balaban J connectivity index is 1.75. The third-order valence-electron chi connectivity index (χ3n) is 4.17. The Morgan fingerprint density at radius 2 is 1.83 bits per heavy atom. The summed E-state index contributed by atoms with van der Waals surface area (Å²) < 4.78 is 37.6. The van der Waals surface area contributed by atoms with E-state index in [2.05, 4.69) is 5.32 Å². The first kappa shape index (κ1) is 21.0. The SMILES string of the molecule is COC(=O)C(Cc1ccc(I)c(F)c1)NC(=O)c1ccc(-c2ccc(F)cc2)o1. The molecule has 29 heavy (non-hydrogen) atoms. The zero-order chi connectivity index (χ0) is 21.0. The van der Waals surface area contributed by atoms with E-state index in [1.807, 2.05) is 22.6 Å². The van der Waals surface area contributed by atoms with Gasteiger partial charge in [-0.05, 0) is 76.7 Å². The minimum Gasteiger partial charge on any atom is -0.467 e. The van der Waals surface area contributed by atoms with Gasteiger partial charge in [-0.3, -0.25) is 4.79 Å². The van der Waals surface area contributed by atoms with Crippen molar-refractivity contribution in [1.29, 1.82) is 0 Å². The zero-order valence-electron chi connectivity index (χ0n) is 15.2. The first-order valence-corrected chi connectivity index (χ1v) is 9.63. The molecule has 0 saturated heterocycles. The minimum absolute atomic E-state index is 0.0213. The summed E-state index contributed by atoms with van der Waals surface area (Å²) in [5.74, 6) is -1.72. The second kappa shape index (κ2) is 9.17. The number of benzene rings is 2. The number of nitrogens with one attached hydrogen (secondary N) is 1. The molecular weight excluding hydrogens is 495 g/mol. The molecular formula is C21H16F2INO4. The number of hydrogen-bond donors (Lipinski definition) is 1. The third kappa shape index (κ3) is 5.20. The molecule has 1 heterocycles. The lowest BCUT2D eigenvalue weighted by Crippen LogP contribution is -2.43. The van der Waals surface area contributed by atoms with Crippen LogP contribution < -0.4 is 5.32 Å². The number of ether oxygens (including phenoxy) is 1. The minimum atomic E-state index is -1.02. The zero-order valence-corrected chi connectivity index (χ0v) is 17.4. The number of carbonyl (C=O) groups excluding carboxylic acids is 2. The average molecular weight is 511 g/mol. The quantitative estimate of drug-likeness (QED) is 0.395. The second-order valence-corrected chi connectivity index (χ2v) is 7.33. The highest BCUT2D eigenvalue weighted by Gasteiger charge is 2.24. The summed E-state index contributed by atoms with van der Waals surface area (Å²) in [6.45, 7) is 0. The van der Waals surface area contributed by atoms with Crippen LogP contribution in [-0.4, -0.2) is 25.0 Å². The number of rotatable bonds is 6. The van der Waals surface area contributed by atoms with Gasteiger partial charge in [-0.2, -0.15) is 0 Å². The van der Waals surface area contributed by atoms with E-state index < -0.39 is 23.7 Å². The number of furan rings is 1. The maximum atomic E-state index is 13.8. The Kier molecular flexibility index (Phi) is 6.63. The van der Waals surface area contributed by atoms with Crippen molar-refractivity contribution in [3.05, 3.63) is 81.1 Å². The topological polar surface area (TPSA) is 68.5 Å². The summed E-state index contributed by atoms with van der Waals surface area (Å²) in [5, 5.41) is 2.55. The van der Waals surface area contributed by atoms with Crippen LogP contribution >= 0.6 is 22.6 Å². The van der Waals surface area contributed by atoms with Gasteiger partial charge in [0.2, 0.25) is 0 Å². The number of halogens is 3. The normalized spacial score (nSPS) is 11.7. The summed E-state index contributed by atoms with van der Waals surface area (Å²) in [6.07, 6.45) is 0.0534. The predicted molar refractivity (Wildman–Crippen MR) is 110 cm³/mol. The fourth-order valence-corrected chi connectivity index (χ4v) is 3.03. The van der Waals surface area contributed by atoms with E-state index in [0.29, 0.717) is 20.5 Å². The Hall–Kier alpha value is -2.75. The van der Waals surface area contributed by atoms with Crippen molar-refractivity contribution >= 4 is 34.5 Å². The molecule has 0 bridgehead atoms. The standard InChI is InChI=1S/C21H16F2INO4/c1-28-21(27)17(11-12-2-7-16(24)15(23)10-12)25-20(26)19-9-8-18(29-19)13-3-5-14(22)6-4-13/h2-10,17H,11H2,1H3,(H,25,26). The largest absolute Gasteiger partial charge is 0.467 e. The summed E-state index contributed by atoms with van der Waals surface area (Å²) in [5.41, 5.74) is 1.13. The number of amides is 1. The van der Waals surface area contributed by atoms with Crippen LogP contribution in [-0.2, 0) is 16.0 Å². The van der Waals surface area contributed by atoms with Crippen LogP contribution in [0.3, 0.4) is 0 Å².